The molecule has 0 aliphatic carbocycles. The highest BCUT2D eigenvalue weighted by molar-refractivity contribution is 5.94. The lowest BCUT2D eigenvalue weighted by molar-refractivity contribution is -0.118. The highest BCUT2D eigenvalue weighted by atomic mass is 16.5. The average Bonchev–Trinajstić information content (AvgIpc) is 2.65. The van der Waals surface area contributed by atoms with E-state index in [1.54, 1.807) is 30.6 Å². The monoisotopic (exact) mass is 394 g/mol. The van der Waals surface area contributed by atoms with Gasteiger partial charge in [-0.05, 0) is 51.3 Å². The van der Waals surface area contributed by atoms with Crippen LogP contribution in [0.5, 0.6) is 11.5 Å². The van der Waals surface area contributed by atoms with Crippen molar-refractivity contribution in [2.45, 2.75) is 39.2 Å². The maximum Gasteiger partial charge on any atom is 0.336 e. The van der Waals surface area contributed by atoms with Gasteiger partial charge in [0, 0.05) is 23.9 Å². The first kappa shape index (κ1) is 19.0. The number of hydrogen-bond donors (Lipinski definition) is 1. The second-order valence-corrected chi connectivity index (χ2v) is 7.74. The van der Waals surface area contributed by atoms with Gasteiger partial charge in [0.2, 0.25) is 0 Å². The molecule has 0 spiro atoms. The molecule has 7 nitrogen and oxygen atoms in total. The lowest BCUT2D eigenvalue weighted by Crippen LogP contribution is -2.32. The Balaban J connectivity index is 1.68. The molecule has 3 aromatic rings. The SMILES string of the molecule is Cc1cc(=O)oc2c3c(cc(OCC(=O)Nc4cccnc4)c12)OC(C)(C)CC3. The standard InChI is InChI=1S/C22H22N2O5/c1-13-9-19(26)28-21-15-6-7-22(2,3)29-16(15)10-17(20(13)21)27-12-18(25)24-14-5-4-8-23-11-14/h4-5,8-11H,6-7,12H2,1-3H3,(H,24,25). The lowest BCUT2D eigenvalue weighted by atomic mass is 9.92. The van der Waals surface area contributed by atoms with Crippen molar-refractivity contribution in [3.05, 3.63) is 58.2 Å². The second kappa shape index (κ2) is 7.24. The van der Waals surface area contributed by atoms with Gasteiger partial charge in [0.25, 0.3) is 5.91 Å². The normalized spacial score (nSPS) is 14.7. The van der Waals surface area contributed by atoms with E-state index in [4.69, 9.17) is 13.9 Å². The zero-order valence-corrected chi connectivity index (χ0v) is 16.6. The Labute approximate surface area is 167 Å². The highest BCUT2D eigenvalue weighted by Crippen LogP contribution is 2.42. The van der Waals surface area contributed by atoms with E-state index in [2.05, 4.69) is 10.3 Å². The third-order valence-corrected chi connectivity index (χ3v) is 4.91. The van der Waals surface area contributed by atoms with Gasteiger partial charge < -0.3 is 19.2 Å². The molecule has 0 saturated heterocycles. The summed E-state index contributed by atoms with van der Waals surface area (Å²) < 4.78 is 17.5. The van der Waals surface area contributed by atoms with Crippen molar-refractivity contribution in [3.8, 4) is 11.5 Å². The van der Waals surface area contributed by atoms with Crippen LogP contribution in [0.2, 0.25) is 0 Å². The molecule has 0 atom stereocenters. The molecular formula is C22H22N2O5. The molecule has 0 radical (unpaired) electrons. The number of benzene rings is 1. The molecule has 1 N–H and O–H groups in total. The third kappa shape index (κ3) is 3.94. The van der Waals surface area contributed by atoms with Crippen LogP contribution in [-0.4, -0.2) is 23.1 Å². The zero-order valence-electron chi connectivity index (χ0n) is 16.6. The van der Waals surface area contributed by atoms with Crippen molar-refractivity contribution in [3.63, 3.8) is 0 Å². The summed E-state index contributed by atoms with van der Waals surface area (Å²) in [7, 11) is 0. The maximum absolute atomic E-state index is 12.3. The molecule has 29 heavy (non-hydrogen) atoms. The van der Waals surface area contributed by atoms with Crippen LogP contribution in [0.4, 0.5) is 5.69 Å². The van der Waals surface area contributed by atoms with E-state index >= 15 is 0 Å². The van der Waals surface area contributed by atoms with Crippen molar-refractivity contribution < 1.29 is 18.7 Å². The number of amides is 1. The summed E-state index contributed by atoms with van der Waals surface area (Å²) in [5.41, 5.74) is 1.88. The fraction of sp³-hybridized carbons (Fsp3) is 0.318. The first-order valence-electron chi connectivity index (χ1n) is 9.44. The molecule has 0 bridgehead atoms. The Morgan fingerprint density at radius 3 is 2.93 bits per heavy atom. The van der Waals surface area contributed by atoms with Crippen LogP contribution in [0.25, 0.3) is 11.0 Å². The van der Waals surface area contributed by atoms with E-state index in [1.165, 1.54) is 6.07 Å². The predicted octanol–water partition coefficient (Wildman–Crippen LogP) is 3.62. The van der Waals surface area contributed by atoms with E-state index in [0.29, 0.717) is 28.2 Å². The Kier molecular flexibility index (Phi) is 4.74. The van der Waals surface area contributed by atoms with Crippen molar-refractivity contribution >= 4 is 22.6 Å². The molecule has 7 heteroatoms. The molecule has 1 aromatic carbocycles. The number of anilines is 1. The number of rotatable bonds is 4. The lowest BCUT2D eigenvalue weighted by Gasteiger charge is -2.33. The summed E-state index contributed by atoms with van der Waals surface area (Å²) >= 11 is 0. The zero-order chi connectivity index (χ0) is 20.6. The number of pyridine rings is 1. The number of nitrogens with one attached hydrogen (secondary N) is 1. The molecule has 1 aliphatic heterocycles. The van der Waals surface area contributed by atoms with Gasteiger partial charge in [-0.3, -0.25) is 9.78 Å². The van der Waals surface area contributed by atoms with Gasteiger partial charge in [-0.25, -0.2) is 4.79 Å². The number of aryl methyl sites for hydroxylation is 2. The van der Waals surface area contributed by atoms with Gasteiger partial charge in [-0.2, -0.15) is 0 Å². The summed E-state index contributed by atoms with van der Waals surface area (Å²) in [5.74, 6) is 0.740. The molecule has 0 fully saturated rings. The van der Waals surface area contributed by atoms with E-state index in [-0.39, 0.29) is 18.1 Å². The number of fused-ring (bicyclic) bond motifs is 3. The van der Waals surface area contributed by atoms with Crippen LogP contribution in [0.1, 0.15) is 31.4 Å². The summed E-state index contributed by atoms with van der Waals surface area (Å²) in [5, 5.41) is 3.41. The number of aromatic nitrogens is 1. The number of carbonyl (C=O) groups excluding carboxylic acids is 1. The number of ether oxygens (including phenoxy) is 2. The van der Waals surface area contributed by atoms with E-state index in [9.17, 15) is 9.59 Å². The van der Waals surface area contributed by atoms with Crippen LogP contribution < -0.4 is 20.4 Å². The summed E-state index contributed by atoms with van der Waals surface area (Å²) in [6, 6.07) is 6.68. The molecule has 2 aromatic heterocycles. The number of hydrogen-bond acceptors (Lipinski definition) is 6. The Morgan fingerprint density at radius 1 is 1.34 bits per heavy atom. The van der Waals surface area contributed by atoms with E-state index in [0.717, 1.165) is 24.0 Å². The van der Waals surface area contributed by atoms with Crippen molar-refractivity contribution in [1.29, 1.82) is 0 Å². The fourth-order valence-electron chi connectivity index (χ4n) is 3.51. The summed E-state index contributed by atoms with van der Waals surface area (Å²) in [4.78, 5) is 28.2. The van der Waals surface area contributed by atoms with E-state index < -0.39 is 5.63 Å². The predicted molar refractivity (Wildman–Crippen MR) is 109 cm³/mol. The van der Waals surface area contributed by atoms with Gasteiger partial charge in [0.1, 0.15) is 22.7 Å². The van der Waals surface area contributed by atoms with Crippen LogP contribution in [0.3, 0.4) is 0 Å². The Morgan fingerprint density at radius 2 is 2.17 bits per heavy atom. The van der Waals surface area contributed by atoms with Gasteiger partial charge in [-0.15, -0.1) is 0 Å². The summed E-state index contributed by atoms with van der Waals surface area (Å²) in [6.07, 6.45) is 4.72. The van der Waals surface area contributed by atoms with Crippen LogP contribution in [-0.2, 0) is 11.2 Å². The smallest absolute Gasteiger partial charge is 0.336 e. The fourth-order valence-corrected chi connectivity index (χ4v) is 3.51. The van der Waals surface area contributed by atoms with Crippen LogP contribution >= 0.6 is 0 Å². The van der Waals surface area contributed by atoms with Crippen molar-refractivity contribution in [1.82, 2.24) is 4.98 Å². The maximum atomic E-state index is 12.3. The minimum Gasteiger partial charge on any atom is -0.487 e. The number of nitrogens with zero attached hydrogens (tertiary/aromatic N) is 1. The minimum absolute atomic E-state index is 0.204. The molecule has 1 aliphatic rings. The number of carbonyl (C=O) groups is 1. The quantitative estimate of drug-likeness (QED) is 0.680. The van der Waals surface area contributed by atoms with Gasteiger partial charge in [0.15, 0.2) is 6.61 Å². The van der Waals surface area contributed by atoms with E-state index in [1.807, 2.05) is 20.8 Å². The largest absolute Gasteiger partial charge is 0.487 e. The second-order valence-electron chi connectivity index (χ2n) is 7.74. The Hall–Kier alpha value is -3.35. The van der Waals surface area contributed by atoms with Gasteiger partial charge in [-0.1, -0.05) is 0 Å². The van der Waals surface area contributed by atoms with Crippen molar-refractivity contribution in [2.75, 3.05) is 11.9 Å². The van der Waals surface area contributed by atoms with Crippen LogP contribution in [0, 0.1) is 6.92 Å². The molecule has 150 valence electrons. The molecule has 3 heterocycles. The van der Waals surface area contributed by atoms with Gasteiger partial charge in [0.05, 0.1) is 17.3 Å². The average molecular weight is 394 g/mol. The first-order valence-corrected chi connectivity index (χ1v) is 9.44. The van der Waals surface area contributed by atoms with Gasteiger partial charge >= 0.3 is 5.63 Å². The molecular weight excluding hydrogens is 372 g/mol. The molecule has 0 unspecified atom stereocenters. The Bertz CT molecular complexity index is 1140. The first-order chi connectivity index (χ1) is 13.8. The molecule has 1 amide bonds. The highest BCUT2D eigenvalue weighted by Gasteiger charge is 2.30. The molecule has 0 saturated carbocycles. The molecule has 4 rings (SSSR count). The minimum atomic E-state index is -0.423. The summed E-state index contributed by atoms with van der Waals surface area (Å²) in [6.45, 7) is 5.63. The van der Waals surface area contributed by atoms with Crippen molar-refractivity contribution in [2.24, 2.45) is 0 Å². The topological polar surface area (TPSA) is 90.7 Å². The van der Waals surface area contributed by atoms with Crippen LogP contribution in [0.15, 0.2) is 45.9 Å². The third-order valence-electron chi connectivity index (χ3n) is 4.91.